The van der Waals surface area contributed by atoms with Crippen molar-refractivity contribution in [2.45, 2.75) is 13.5 Å². The zero-order chi connectivity index (χ0) is 14.8. The Morgan fingerprint density at radius 3 is 2.62 bits per heavy atom. The SMILES string of the molecule is CCNc1ncn(Cc2c(Cl)cccc2Cl)c2ncnc1-2. The Morgan fingerprint density at radius 2 is 1.90 bits per heavy atom. The Labute approximate surface area is 132 Å². The van der Waals surface area contributed by atoms with Gasteiger partial charge in [0.15, 0.2) is 17.3 Å². The summed E-state index contributed by atoms with van der Waals surface area (Å²) >= 11 is 12.4. The van der Waals surface area contributed by atoms with E-state index in [9.17, 15) is 0 Å². The number of aromatic nitrogens is 4. The largest absolute Gasteiger partial charge is 0.368 e. The average molecular weight is 322 g/mol. The van der Waals surface area contributed by atoms with E-state index in [1.54, 1.807) is 6.33 Å². The number of nitrogens with one attached hydrogen (secondary N) is 1. The predicted octanol–water partition coefficient (Wildman–Crippen LogP) is 3.56. The Hall–Kier alpha value is -1.85. The van der Waals surface area contributed by atoms with Crippen molar-refractivity contribution >= 4 is 29.0 Å². The number of rotatable bonds is 4. The van der Waals surface area contributed by atoms with Gasteiger partial charge in [-0.05, 0) is 19.1 Å². The fourth-order valence-corrected chi connectivity index (χ4v) is 2.66. The molecule has 0 amide bonds. The van der Waals surface area contributed by atoms with Crippen LogP contribution in [0.5, 0.6) is 0 Å². The summed E-state index contributed by atoms with van der Waals surface area (Å²) in [4.78, 5) is 13.0. The molecule has 3 rings (SSSR count). The Balaban J connectivity index is 2.02. The molecule has 0 aliphatic carbocycles. The Morgan fingerprint density at radius 1 is 1.14 bits per heavy atom. The van der Waals surface area contributed by atoms with Crippen LogP contribution in [0.1, 0.15) is 12.5 Å². The lowest BCUT2D eigenvalue weighted by atomic mass is 10.2. The summed E-state index contributed by atoms with van der Waals surface area (Å²) in [6, 6.07) is 5.46. The number of benzene rings is 1. The summed E-state index contributed by atoms with van der Waals surface area (Å²) in [6.07, 6.45) is 3.24. The molecule has 1 aromatic rings. The van der Waals surface area contributed by atoms with E-state index >= 15 is 0 Å². The predicted molar refractivity (Wildman–Crippen MR) is 84.2 cm³/mol. The fraction of sp³-hybridized carbons (Fsp3) is 0.214. The standard InChI is InChI=1S/C14H13Cl2N5/c1-2-17-13-12-14(19-7-18-12)21(8-20-13)6-9-10(15)4-3-5-11(9)16/h3-5,7-8,17H,2,6H2,1H3. The van der Waals surface area contributed by atoms with Gasteiger partial charge >= 0.3 is 0 Å². The van der Waals surface area contributed by atoms with Crippen LogP contribution in [0.25, 0.3) is 11.5 Å². The van der Waals surface area contributed by atoms with Crippen molar-refractivity contribution in [1.29, 1.82) is 0 Å². The summed E-state index contributed by atoms with van der Waals surface area (Å²) in [5.74, 6) is 1.48. The zero-order valence-electron chi connectivity index (χ0n) is 11.3. The molecule has 1 N–H and O–H groups in total. The summed E-state index contributed by atoms with van der Waals surface area (Å²) < 4.78 is 1.89. The van der Waals surface area contributed by atoms with Crippen molar-refractivity contribution in [2.75, 3.05) is 11.9 Å². The molecular formula is C14H13Cl2N5. The highest BCUT2D eigenvalue weighted by molar-refractivity contribution is 6.35. The van der Waals surface area contributed by atoms with E-state index in [-0.39, 0.29) is 0 Å². The number of halogens is 2. The number of hydrogen-bond donors (Lipinski definition) is 1. The molecular weight excluding hydrogens is 309 g/mol. The van der Waals surface area contributed by atoms with Crippen LogP contribution >= 0.6 is 23.2 Å². The molecule has 0 radical (unpaired) electrons. The first-order valence-corrected chi connectivity index (χ1v) is 7.29. The van der Waals surface area contributed by atoms with Gasteiger partial charge in [-0.25, -0.2) is 15.0 Å². The van der Waals surface area contributed by atoms with E-state index < -0.39 is 0 Å². The lowest BCUT2D eigenvalue weighted by Gasteiger charge is -2.15. The van der Waals surface area contributed by atoms with Crippen LogP contribution in [0.2, 0.25) is 10.0 Å². The molecule has 0 bridgehead atoms. The molecule has 21 heavy (non-hydrogen) atoms. The van der Waals surface area contributed by atoms with Crippen LogP contribution in [0.3, 0.4) is 0 Å². The summed E-state index contributed by atoms with van der Waals surface area (Å²) in [5, 5.41) is 4.42. The summed E-state index contributed by atoms with van der Waals surface area (Å²) in [5.41, 5.74) is 1.58. The van der Waals surface area contributed by atoms with Gasteiger partial charge in [-0.15, -0.1) is 0 Å². The molecule has 0 saturated heterocycles. The van der Waals surface area contributed by atoms with Gasteiger partial charge < -0.3 is 9.88 Å². The molecule has 7 heteroatoms. The zero-order valence-corrected chi connectivity index (χ0v) is 12.9. The van der Waals surface area contributed by atoms with Gasteiger partial charge in [0.25, 0.3) is 0 Å². The third kappa shape index (κ3) is 2.66. The van der Waals surface area contributed by atoms with Crippen molar-refractivity contribution < 1.29 is 0 Å². The first-order valence-electron chi connectivity index (χ1n) is 6.53. The molecule has 0 unspecified atom stereocenters. The maximum atomic E-state index is 6.22. The highest BCUT2D eigenvalue weighted by Crippen LogP contribution is 2.28. The van der Waals surface area contributed by atoms with Gasteiger partial charge in [-0.3, -0.25) is 0 Å². The van der Waals surface area contributed by atoms with E-state index in [0.717, 1.165) is 29.4 Å². The minimum absolute atomic E-state index is 0.493. The maximum absolute atomic E-state index is 6.22. The number of hydrogen-bond acceptors (Lipinski definition) is 4. The van der Waals surface area contributed by atoms with E-state index in [1.165, 1.54) is 6.33 Å². The number of fused-ring (bicyclic) bond motifs is 1. The molecule has 2 aliphatic heterocycles. The minimum atomic E-state index is 0.493. The van der Waals surface area contributed by atoms with Crippen LogP contribution in [-0.2, 0) is 6.54 Å². The minimum Gasteiger partial charge on any atom is -0.368 e. The highest BCUT2D eigenvalue weighted by Gasteiger charge is 2.17. The van der Waals surface area contributed by atoms with Crippen molar-refractivity contribution in [3.05, 3.63) is 46.5 Å². The van der Waals surface area contributed by atoms with Crippen LogP contribution in [0.4, 0.5) is 5.82 Å². The second-order valence-electron chi connectivity index (χ2n) is 4.50. The maximum Gasteiger partial charge on any atom is 0.165 e. The molecule has 108 valence electrons. The smallest absolute Gasteiger partial charge is 0.165 e. The van der Waals surface area contributed by atoms with Gasteiger partial charge in [0.1, 0.15) is 6.33 Å². The van der Waals surface area contributed by atoms with Gasteiger partial charge in [0, 0.05) is 22.2 Å². The Kier molecular flexibility index (Phi) is 3.94. The molecule has 2 aliphatic rings. The van der Waals surface area contributed by atoms with E-state index in [2.05, 4.69) is 20.3 Å². The van der Waals surface area contributed by atoms with E-state index in [4.69, 9.17) is 23.2 Å². The highest BCUT2D eigenvalue weighted by atomic mass is 35.5. The van der Waals surface area contributed by atoms with E-state index in [0.29, 0.717) is 16.6 Å². The molecule has 0 saturated carbocycles. The van der Waals surface area contributed by atoms with Gasteiger partial charge in [0.05, 0.1) is 12.9 Å². The Bertz CT molecular complexity index is 720. The summed E-state index contributed by atoms with van der Waals surface area (Å²) in [7, 11) is 0. The van der Waals surface area contributed by atoms with Crippen molar-refractivity contribution in [3.63, 3.8) is 0 Å². The quantitative estimate of drug-likeness (QED) is 0.798. The monoisotopic (exact) mass is 321 g/mol. The topological polar surface area (TPSA) is 55.6 Å². The second kappa shape index (κ2) is 5.87. The number of nitrogens with zero attached hydrogens (tertiary/aromatic N) is 4. The molecule has 0 aromatic heterocycles. The summed E-state index contributed by atoms with van der Waals surface area (Å²) in [6.45, 7) is 3.27. The lowest BCUT2D eigenvalue weighted by molar-refractivity contribution is 0.761. The average Bonchev–Trinajstić information content (AvgIpc) is 2.95. The van der Waals surface area contributed by atoms with Crippen LogP contribution in [-0.4, -0.2) is 26.1 Å². The third-order valence-electron chi connectivity index (χ3n) is 3.14. The van der Waals surface area contributed by atoms with E-state index in [1.807, 2.05) is 29.7 Å². The molecule has 5 nitrogen and oxygen atoms in total. The fourth-order valence-electron chi connectivity index (χ4n) is 2.15. The van der Waals surface area contributed by atoms with Crippen LogP contribution in [0.15, 0.2) is 30.9 Å². The van der Waals surface area contributed by atoms with Gasteiger partial charge in [0.2, 0.25) is 0 Å². The van der Waals surface area contributed by atoms with Crippen molar-refractivity contribution in [1.82, 2.24) is 19.5 Å². The molecule has 0 atom stereocenters. The first-order chi connectivity index (χ1) is 10.2. The number of imidazole rings is 1. The second-order valence-corrected chi connectivity index (χ2v) is 5.31. The molecule has 0 spiro atoms. The van der Waals surface area contributed by atoms with Gasteiger partial charge in [-0.2, -0.15) is 0 Å². The van der Waals surface area contributed by atoms with Crippen molar-refractivity contribution in [3.8, 4) is 11.5 Å². The normalized spacial score (nSPS) is 11.0. The van der Waals surface area contributed by atoms with Crippen molar-refractivity contribution in [2.24, 2.45) is 0 Å². The number of anilines is 1. The molecule has 1 aromatic carbocycles. The third-order valence-corrected chi connectivity index (χ3v) is 3.84. The van der Waals surface area contributed by atoms with Crippen LogP contribution < -0.4 is 5.32 Å². The lowest BCUT2D eigenvalue weighted by Crippen LogP contribution is -2.11. The van der Waals surface area contributed by atoms with Crippen LogP contribution in [0, 0.1) is 0 Å². The van der Waals surface area contributed by atoms with Gasteiger partial charge in [-0.1, -0.05) is 29.3 Å². The molecule has 0 fully saturated rings. The first kappa shape index (κ1) is 14.1. The molecule has 2 heterocycles.